The summed E-state index contributed by atoms with van der Waals surface area (Å²) in [6.45, 7) is 5.79. The van der Waals surface area contributed by atoms with Gasteiger partial charge in [-0.05, 0) is 32.6 Å². The molecule has 4 rings (SSSR count). The molecule has 7 heteroatoms. The molecule has 164 valence electrons. The zero-order chi connectivity index (χ0) is 20.5. The molecule has 2 heterocycles. The number of rotatable bonds is 4. The van der Waals surface area contributed by atoms with Gasteiger partial charge in [0.25, 0.3) is 0 Å². The van der Waals surface area contributed by atoms with Gasteiger partial charge in [-0.15, -0.1) is 0 Å². The Labute approximate surface area is 172 Å². The molecule has 29 heavy (non-hydrogen) atoms. The van der Waals surface area contributed by atoms with E-state index in [-0.39, 0.29) is 19.3 Å². The van der Waals surface area contributed by atoms with Gasteiger partial charge in [-0.25, -0.2) is 4.79 Å². The van der Waals surface area contributed by atoms with Crippen LogP contribution in [0.25, 0.3) is 0 Å². The van der Waals surface area contributed by atoms with Crippen LogP contribution >= 0.6 is 0 Å². The average Bonchev–Trinajstić information content (AvgIpc) is 3.04. The summed E-state index contributed by atoms with van der Waals surface area (Å²) >= 11 is 0. The average molecular weight is 411 g/mol. The third kappa shape index (κ3) is 4.54. The van der Waals surface area contributed by atoms with Gasteiger partial charge in [0.2, 0.25) is 5.79 Å². The number of aliphatic hydroxyl groups is 1. The molecule has 4 fully saturated rings. The number of hydrogen-bond acceptors (Lipinski definition) is 7. The van der Waals surface area contributed by atoms with E-state index in [0.717, 1.165) is 44.9 Å². The van der Waals surface area contributed by atoms with Gasteiger partial charge in [-0.3, -0.25) is 0 Å². The molecule has 0 unspecified atom stereocenters. The van der Waals surface area contributed by atoms with Crippen molar-refractivity contribution in [3.05, 3.63) is 12.2 Å². The highest BCUT2D eigenvalue weighted by molar-refractivity contribution is 5.87. The smallest absolute Gasteiger partial charge is 0.333 e. The van der Waals surface area contributed by atoms with Crippen LogP contribution in [0.1, 0.15) is 77.6 Å². The third-order valence-corrected chi connectivity index (χ3v) is 6.61. The summed E-state index contributed by atoms with van der Waals surface area (Å²) < 4.78 is 30.5. The molecule has 7 nitrogen and oxygen atoms in total. The second kappa shape index (κ2) is 8.27. The molecular weight excluding hydrogens is 376 g/mol. The van der Waals surface area contributed by atoms with Gasteiger partial charge in [-0.2, -0.15) is 0 Å². The van der Waals surface area contributed by atoms with Crippen molar-refractivity contribution in [3.63, 3.8) is 0 Å². The Morgan fingerprint density at radius 1 is 1.03 bits per heavy atom. The number of carbonyl (C=O) groups is 1. The van der Waals surface area contributed by atoms with Crippen LogP contribution in [-0.2, 0) is 28.5 Å². The van der Waals surface area contributed by atoms with Crippen LogP contribution in [0.15, 0.2) is 12.2 Å². The Balaban J connectivity index is 1.48. The summed E-state index contributed by atoms with van der Waals surface area (Å²) in [5, 5.41) is 10.8. The summed E-state index contributed by atoms with van der Waals surface area (Å²) in [6, 6.07) is 0. The Morgan fingerprint density at radius 3 is 2.34 bits per heavy atom. The molecule has 2 saturated heterocycles. The highest BCUT2D eigenvalue weighted by Crippen LogP contribution is 2.47. The predicted octanol–water partition coefficient (Wildman–Crippen LogP) is 3.34. The van der Waals surface area contributed by atoms with E-state index in [0.29, 0.717) is 24.8 Å². The Hall–Kier alpha value is -0.990. The molecule has 0 radical (unpaired) electrons. The fraction of sp³-hybridized carbons (Fsp3) is 0.864. The van der Waals surface area contributed by atoms with E-state index in [9.17, 15) is 9.90 Å². The first-order valence-electron chi connectivity index (χ1n) is 11.1. The summed E-state index contributed by atoms with van der Waals surface area (Å²) in [5.74, 6) is -3.39. The molecule has 2 saturated carbocycles. The van der Waals surface area contributed by atoms with Crippen LogP contribution < -0.4 is 0 Å². The quantitative estimate of drug-likeness (QED) is 0.432. The highest BCUT2D eigenvalue weighted by Gasteiger charge is 2.60. The van der Waals surface area contributed by atoms with E-state index >= 15 is 0 Å². The van der Waals surface area contributed by atoms with Gasteiger partial charge in [0, 0.05) is 37.7 Å². The van der Waals surface area contributed by atoms with Crippen molar-refractivity contribution < 1.29 is 33.6 Å². The van der Waals surface area contributed by atoms with Gasteiger partial charge in [0.15, 0.2) is 17.7 Å². The molecule has 4 aliphatic rings. The van der Waals surface area contributed by atoms with Crippen LogP contribution in [0, 0.1) is 0 Å². The largest absolute Gasteiger partial charge is 0.453 e. The second-order valence-electron chi connectivity index (χ2n) is 9.14. The Kier molecular flexibility index (Phi) is 6.06. The van der Waals surface area contributed by atoms with Crippen molar-refractivity contribution in [1.82, 2.24) is 0 Å². The normalized spacial score (nSPS) is 36.2. The first-order valence-corrected chi connectivity index (χ1v) is 11.1. The standard InChI is InChI=1S/C22H34O7/c1-16(2)19(23)27-18-13-17(28-20(24)9-5-3-6-10-20)14-25-22(18)15-26-21(29-22)11-7-4-8-12-21/h17-18,24H,1,3-15H2,2H3/t17-,18-,22-/m0/s1. The maximum absolute atomic E-state index is 12.3. The number of hydrogen-bond donors (Lipinski definition) is 1. The first-order chi connectivity index (χ1) is 13.8. The molecule has 0 aromatic carbocycles. The van der Waals surface area contributed by atoms with Crippen LogP contribution in [0.2, 0.25) is 0 Å². The van der Waals surface area contributed by atoms with Gasteiger partial charge in [0.1, 0.15) is 6.61 Å². The van der Waals surface area contributed by atoms with Crippen molar-refractivity contribution in [2.24, 2.45) is 0 Å². The Bertz CT molecular complexity index is 621. The lowest BCUT2D eigenvalue weighted by Gasteiger charge is -2.45. The van der Waals surface area contributed by atoms with Crippen LogP contribution in [0.4, 0.5) is 0 Å². The molecular formula is C22H34O7. The van der Waals surface area contributed by atoms with E-state index in [2.05, 4.69) is 6.58 Å². The van der Waals surface area contributed by atoms with Crippen molar-refractivity contribution >= 4 is 5.97 Å². The number of ether oxygens (including phenoxy) is 5. The van der Waals surface area contributed by atoms with Gasteiger partial charge in [0.05, 0.1) is 12.7 Å². The summed E-state index contributed by atoms with van der Waals surface area (Å²) in [7, 11) is 0. The van der Waals surface area contributed by atoms with Crippen molar-refractivity contribution in [3.8, 4) is 0 Å². The number of esters is 1. The predicted molar refractivity (Wildman–Crippen MR) is 104 cm³/mol. The van der Waals surface area contributed by atoms with E-state index < -0.39 is 29.4 Å². The summed E-state index contributed by atoms with van der Waals surface area (Å²) in [4.78, 5) is 12.3. The SMILES string of the molecule is C=C(C)C(=O)O[C@H]1C[C@H](OC2(O)CCCCC2)CO[C@]12COC1(CCCCC1)O2. The third-order valence-electron chi connectivity index (χ3n) is 6.61. The number of carbonyl (C=O) groups excluding carboxylic acids is 1. The van der Waals surface area contributed by atoms with Crippen LogP contribution in [0.5, 0.6) is 0 Å². The summed E-state index contributed by atoms with van der Waals surface area (Å²) in [5.41, 5.74) is 0.320. The lowest BCUT2D eigenvalue weighted by Crippen LogP contribution is -2.58. The first kappa shape index (κ1) is 21.2. The Morgan fingerprint density at radius 2 is 1.69 bits per heavy atom. The minimum atomic E-state index is -1.13. The van der Waals surface area contributed by atoms with Crippen LogP contribution in [-0.4, -0.2) is 53.9 Å². The molecule has 0 bridgehead atoms. The molecule has 0 amide bonds. The molecule has 0 aromatic rings. The molecule has 2 aliphatic carbocycles. The molecule has 2 aliphatic heterocycles. The minimum absolute atomic E-state index is 0.220. The lowest BCUT2D eigenvalue weighted by atomic mass is 9.93. The monoisotopic (exact) mass is 410 g/mol. The van der Waals surface area contributed by atoms with E-state index in [1.807, 2.05) is 0 Å². The maximum Gasteiger partial charge on any atom is 0.333 e. The van der Waals surface area contributed by atoms with E-state index in [1.54, 1.807) is 6.92 Å². The lowest BCUT2D eigenvalue weighted by molar-refractivity contribution is -0.347. The molecule has 3 atom stereocenters. The zero-order valence-corrected chi connectivity index (χ0v) is 17.5. The van der Waals surface area contributed by atoms with Gasteiger partial charge >= 0.3 is 5.97 Å². The highest BCUT2D eigenvalue weighted by atomic mass is 16.8. The van der Waals surface area contributed by atoms with Crippen molar-refractivity contribution in [2.45, 2.75) is 107 Å². The summed E-state index contributed by atoms with van der Waals surface area (Å²) in [6.07, 6.45) is 8.48. The van der Waals surface area contributed by atoms with E-state index in [4.69, 9.17) is 23.7 Å². The van der Waals surface area contributed by atoms with Crippen LogP contribution in [0.3, 0.4) is 0 Å². The van der Waals surface area contributed by atoms with Gasteiger partial charge < -0.3 is 28.8 Å². The van der Waals surface area contributed by atoms with Crippen molar-refractivity contribution in [1.29, 1.82) is 0 Å². The fourth-order valence-corrected chi connectivity index (χ4v) is 4.97. The van der Waals surface area contributed by atoms with E-state index in [1.165, 1.54) is 6.42 Å². The maximum atomic E-state index is 12.3. The van der Waals surface area contributed by atoms with Gasteiger partial charge in [-0.1, -0.05) is 19.4 Å². The topological polar surface area (TPSA) is 83.5 Å². The second-order valence-corrected chi connectivity index (χ2v) is 9.14. The fourth-order valence-electron chi connectivity index (χ4n) is 4.97. The molecule has 2 spiro atoms. The molecule has 1 N–H and O–H groups in total. The van der Waals surface area contributed by atoms with Crippen molar-refractivity contribution in [2.75, 3.05) is 13.2 Å². The minimum Gasteiger partial charge on any atom is -0.453 e. The molecule has 0 aromatic heterocycles. The zero-order valence-electron chi connectivity index (χ0n) is 17.5.